The number of nitrogens with zero attached hydrogens (tertiary/aromatic N) is 1. The molecule has 4 nitrogen and oxygen atoms in total. The van der Waals surface area contributed by atoms with Gasteiger partial charge in [-0.2, -0.15) is 0 Å². The molecule has 1 aliphatic rings. The van der Waals surface area contributed by atoms with E-state index in [1.807, 2.05) is 48.7 Å². The highest BCUT2D eigenvalue weighted by molar-refractivity contribution is 5.92. The largest absolute Gasteiger partial charge is 0.387 e. The minimum Gasteiger partial charge on any atom is -0.387 e. The van der Waals surface area contributed by atoms with Crippen LogP contribution in [-0.4, -0.2) is 22.1 Å². The van der Waals surface area contributed by atoms with Crippen LogP contribution in [0.15, 0.2) is 48.7 Å². The Morgan fingerprint density at radius 1 is 1.18 bits per heavy atom. The van der Waals surface area contributed by atoms with Crippen molar-refractivity contribution in [3.8, 4) is 0 Å². The number of aliphatic hydroxyl groups excluding tert-OH is 1. The third-order valence-electron chi connectivity index (χ3n) is 4.37. The van der Waals surface area contributed by atoms with Crippen molar-refractivity contribution in [3.63, 3.8) is 0 Å². The molecule has 1 atom stereocenters. The average molecular weight is 298 g/mol. The van der Waals surface area contributed by atoms with E-state index >= 15 is 0 Å². The predicted molar refractivity (Wildman–Crippen MR) is 85.7 cm³/mol. The maximum atomic E-state index is 12.4. The van der Waals surface area contributed by atoms with Crippen LogP contribution in [0.4, 0.5) is 0 Å². The Kier molecular flexibility index (Phi) is 4.59. The smallest absolute Gasteiger partial charge is 0.268 e. The van der Waals surface area contributed by atoms with Gasteiger partial charge < -0.3 is 15.0 Å². The molecular weight excluding hydrogens is 276 g/mol. The van der Waals surface area contributed by atoms with Crippen LogP contribution in [0.5, 0.6) is 0 Å². The Balaban J connectivity index is 1.62. The normalized spacial score (nSPS) is 16.6. The van der Waals surface area contributed by atoms with Crippen molar-refractivity contribution in [2.24, 2.45) is 0 Å². The fourth-order valence-electron chi connectivity index (χ4n) is 3.16. The van der Waals surface area contributed by atoms with E-state index in [0.29, 0.717) is 11.7 Å². The molecule has 1 aromatic carbocycles. The number of aliphatic hydroxyl groups is 1. The van der Waals surface area contributed by atoms with Crippen molar-refractivity contribution in [2.75, 3.05) is 6.54 Å². The molecule has 0 spiro atoms. The van der Waals surface area contributed by atoms with Crippen LogP contribution in [-0.2, 0) is 0 Å². The topological polar surface area (TPSA) is 54.3 Å². The van der Waals surface area contributed by atoms with Crippen molar-refractivity contribution in [1.82, 2.24) is 9.88 Å². The molecule has 1 fully saturated rings. The summed E-state index contributed by atoms with van der Waals surface area (Å²) in [4.78, 5) is 12.4. The van der Waals surface area contributed by atoms with Crippen molar-refractivity contribution < 1.29 is 9.90 Å². The highest BCUT2D eigenvalue weighted by atomic mass is 16.3. The van der Waals surface area contributed by atoms with Crippen LogP contribution in [0.3, 0.4) is 0 Å². The first-order valence-corrected chi connectivity index (χ1v) is 7.94. The number of hydrogen-bond acceptors (Lipinski definition) is 2. The van der Waals surface area contributed by atoms with Gasteiger partial charge in [0.15, 0.2) is 0 Å². The molecule has 1 heterocycles. The van der Waals surface area contributed by atoms with Gasteiger partial charge in [-0.1, -0.05) is 43.2 Å². The van der Waals surface area contributed by atoms with E-state index in [2.05, 4.69) is 9.88 Å². The van der Waals surface area contributed by atoms with Crippen LogP contribution >= 0.6 is 0 Å². The fraction of sp³-hybridized carbons (Fsp3) is 0.389. The zero-order chi connectivity index (χ0) is 15.4. The SMILES string of the molecule is O=C(NCC(O)c1ccccc1)c1cccn1C1CCCC1. The average Bonchev–Trinajstić information content (AvgIpc) is 3.23. The van der Waals surface area contributed by atoms with Gasteiger partial charge in [0.2, 0.25) is 0 Å². The molecule has 1 saturated carbocycles. The zero-order valence-corrected chi connectivity index (χ0v) is 12.6. The van der Waals surface area contributed by atoms with Gasteiger partial charge in [-0.15, -0.1) is 0 Å². The minimum atomic E-state index is -0.681. The summed E-state index contributed by atoms with van der Waals surface area (Å²) in [5.41, 5.74) is 1.50. The third kappa shape index (κ3) is 3.22. The molecule has 1 unspecified atom stereocenters. The quantitative estimate of drug-likeness (QED) is 0.891. The fourth-order valence-corrected chi connectivity index (χ4v) is 3.16. The van der Waals surface area contributed by atoms with E-state index in [1.165, 1.54) is 12.8 Å². The number of rotatable bonds is 5. The van der Waals surface area contributed by atoms with Gasteiger partial charge in [0.25, 0.3) is 5.91 Å². The summed E-state index contributed by atoms with van der Waals surface area (Å²) in [5.74, 6) is -0.119. The summed E-state index contributed by atoms with van der Waals surface area (Å²) in [6.45, 7) is 0.221. The van der Waals surface area contributed by atoms with Crippen LogP contribution in [0.2, 0.25) is 0 Å². The third-order valence-corrected chi connectivity index (χ3v) is 4.37. The Labute approximate surface area is 130 Å². The zero-order valence-electron chi connectivity index (χ0n) is 12.6. The summed E-state index contributed by atoms with van der Waals surface area (Å²) < 4.78 is 2.08. The Bertz CT molecular complexity index is 615. The van der Waals surface area contributed by atoms with Gasteiger partial charge in [-0.25, -0.2) is 0 Å². The van der Waals surface area contributed by atoms with Crippen LogP contribution in [0, 0.1) is 0 Å². The van der Waals surface area contributed by atoms with Crippen molar-refractivity contribution in [2.45, 2.75) is 37.8 Å². The summed E-state index contributed by atoms with van der Waals surface area (Å²) in [6.07, 6.45) is 6.05. The molecule has 0 radical (unpaired) electrons. The Hall–Kier alpha value is -2.07. The second kappa shape index (κ2) is 6.79. The predicted octanol–water partition coefficient (Wildman–Crippen LogP) is 3.07. The van der Waals surface area contributed by atoms with Gasteiger partial charge in [0, 0.05) is 18.8 Å². The maximum Gasteiger partial charge on any atom is 0.268 e. The minimum absolute atomic E-state index is 0.119. The van der Waals surface area contributed by atoms with E-state index in [0.717, 1.165) is 18.4 Å². The first-order chi connectivity index (χ1) is 10.8. The molecule has 2 aromatic rings. The molecule has 0 saturated heterocycles. The van der Waals surface area contributed by atoms with Crippen LogP contribution in [0.1, 0.15) is 53.9 Å². The first kappa shape index (κ1) is 14.9. The van der Waals surface area contributed by atoms with Crippen molar-refractivity contribution in [1.29, 1.82) is 0 Å². The number of amides is 1. The van der Waals surface area contributed by atoms with E-state index in [-0.39, 0.29) is 12.5 Å². The lowest BCUT2D eigenvalue weighted by molar-refractivity contribution is 0.0905. The number of carbonyl (C=O) groups is 1. The number of nitrogens with one attached hydrogen (secondary N) is 1. The van der Waals surface area contributed by atoms with E-state index < -0.39 is 6.10 Å². The molecule has 0 bridgehead atoms. The highest BCUT2D eigenvalue weighted by Gasteiger charge is 2.21. The molecule has 4 heteroatoms. The number of carbonyl (C=O) groups excluding carboxylic acids is 1. The van der Waals surface area contributed by atoms with E-state index in [4.69, 9.17) is 0 Å². The van der Waals surface area contributed by atoms with Gasteiger partial charge in [0.1, 0.15) is 5.69 Å². The summed E-state index contributed by atoms with van der Waals surface area (Å²) in [5, 5.41) is 13.0. The molecule has 1 aliphatic carbocycles. The highest BCUT2D eigenvalue weighted by Crippen LogP contribution is 2.30. The molecule has 1 amide bonds. The second-order valence-electron chi connectivity index (χ2n) is 5.88. The van der Waals surface area contributed by atoms with Crippen molar-refractivity contribution in [3.05, 3.63) is 59.9 Å². The molecule has 0 aliphatic heterocycles. The molecule has 3 rings (SSSR count). The lowest BCUT2D eigenvalue weighted by Crippen LogP contribution is -2.30. The summed E-state index contributed by atoms with van der Waals surface area (Å²) >= 11 is 0. The van der Waals surface area contributed by atoms with Gasteiger partial charge >= 0.3 is 0 Å². The molecule has 116 valence electrons. The lowest BCUT2D eigenvalue weighted by atomic mass is 10.1. The van der Waals surface area contributed by atoms with Gasteiger partial charge in [-0.05, 0) is 30.5 Å². The molecule has 1 aromatic heterocycles. The first-order valence-electron chi connectivity index (χ1n) is 7.94. The summed E-state index contributed by atoms with van der Waals surface area (Å²) in [7, 11) is 0. The monoisotopic (exact) mass is 298 g/mol. The van der Waals surface area contributed by atoms with Crippen LogP contribution in [0.25, 0.3) is 0 Å². The van der Waals surface area contributed by atoms with Gasteiger partial charge in [0.05, 0.1) is 6.10 Å². The lowest BCUT2D eigenvalue weighted by Gasteiger charge is -2.17. The van der Waals surface area contributed by atoms with Crippen LogP contribution < -0.4 is 5.32 Å². The van der Waals surface area contributed by atoms with Gasteiger partial charge in [-0.3, -0.25) is 4.79 Å². The number of aromatic nitrogens is 1. The van der Waals surface area contributed by atoms with E-state index in [9.17, 15) is 9.90 Å². The second-order valence-corrected chi connectivity index (χ2v) is 5.88. The van der Waals surface area contributed by atoms with E-state index in [1.54, 1.807) is 0 Å². The molecular formula is C18H22N2O2. The molecule has 2 N–H and O–H groups in total. The summed E-state index contributed by atoms with van der Waals surface area (Å²) in [6, 6.07) is 13.6. The standard InChI is InChI=1S/C18H22N2O2/c21-17(14-7-2-1-3-8-14)13-19-18(22)16-11-6-12-20(16)15-9-4-5-10-15/h1-3,6-8,11-12,15,17,21H,4-5,9-10,13H2,(H,19,22). The number of benzene rings is 1. The maximum absolute atomic E-state index is 12.4. The van der Waals surface area contributed by atoms with Crippen molar-refractivity contribution >= 4 is 5.91 Å². The Morgan fingerprint density at radius 2 is 1.91 bits per heavy atom. The number of hydrogen-bond donors (Lipinski definition) is 2. The molecule has 22 heavy (non-hydrogen) atoms. The Morgan fingerprint density at radius 3 is 2.64 bits per heavy atom.